The molecule has 1 aromatic heterocycles. The Kier molecular flexibility index (Phi) is 6.96. The number of nitrogens with one attached hydrogen (secondary N) is 2. The van der Waals surface area contributed by atoms with Crippen LogP contribution in [0.3, 0.4) is 0 Å². The second kappa shape index (κ2) is 9.92. The van der Waals surface area contributed by atoms with Crippen molar-refractivity contribution in [2.75, 3.05) is 23.1 Å². The van der Waals surface area contributed by atoms with Crippen molar-refractivity contribution in [2.24, 2.45) is 0 Å². The second-order valence-corrected chi connectivity index (χ2v) is 11.5. The maximum atomic E-state index is 12.6. The standard InChI is InChI=1S/C23H24N4O5S2/c28-23(19-7-5-18(6-8-19)17-33(29,30)27-14-1-2-15-27)25-20-9-11-22(12-10-20)34(31,32)26-21-4-3-13-24-16-21/h3-13,16,26H,1-2,14-15,17H2,(H,25,28). The Labute approximate surface area is 198 Å². The quantitative estimate of drug-likeness (QED) is 0.490. The van der Waals surface area contributed by atoms with E-state index in [1.807, 2.05) is 0 Å². The molecule has 0 spiro atoms. The highest BCUT2D eigenvalue weighted by atomic mass is 32.2. The van der Waals surface area contributed by atoms with E-state index >= 15 is 0 Å². The van der Waals surface area contributed by atoms with Gasteiger partial charge in [-0.15, -0.1) is 0 Å². The van der Waals surface area contributed by atoms with E-state index in [9.17, 15) is 21.6 Å². The number of benzene rings is 2. The molecule has 2 aromatic carbocycles. The minimum absolute atomic E-state index is 0.0397. The van der Waals surface area contributed by atoms with E-state index < -0.39 is 26.0 Å². The van der Waals surface area contributed by atoms with Crippen LogP contribution in [0, 0.1) is 0 Å². The van der Waals surface area contributed by atoms with Gasteiger partial charge < -0.3 is 5.32 Å². The maximum Gasteiger partial charge on any atom is 0.261 e. The summed E-state index contributed by atoms with van der Waals surface area (Å²) in [5.74, 6) is -0.490. The van der Waals surface area contributed by atoms with Gasteiger partial charge in [-0.25, -0.2) is 21.1 Å². The fourth-order valence-corrected chi connectivity index (χ4v) is 6.23. The third-order valence-corrected chi connectivity index (χ3v) is 8.61. The van der Waals surface area contributed by atoms with E-state index in [0.29, 0.717) is 35.6 Å². The predicted molar refractivity (Wildman–Crippen MR) is 129 cm³/mol. The summed E-state index contributed by atoms with van der Waals surface area (Å²) in [6.07, 6.45) is 4.71. The molecule has 2 heterocycles. The van der Waals surface area contributed by atoms with Crippen molar-refractivity contribution in [2.45, 2.75) is 23.5 Å². The van der Waals surface area contributed by atoms with Gasteiger partial charge in [-0.3, -0.25) is 14.5 Å². The van der Waals surface area contributed by atoms with Crippen molar-refractivity contribution < 1.29 is 21.6 Å². The lowest BCUT2D eigenvalue weighted by Crippen LogP contribution is -2.29. The van der Waals surface area contributed by atoms with Crippen molar-refractivity contribution in [3.8, 4) is 0 Å². The second-order valence-electron chi connectivity index (χ2n) is 7.89. The average Bonchev–Trinajstić information content (AvgIpc) is 3.36. The molecule has 0 saturated carbocycles. The molecule has 34 heavy (non-hydrogen) atoms. The van der Waals surface area contributed by atoms with Crippen LogP contribution in [0.25, 0.3) is 0 Å². The number of aromatic nitrogens is 1. The van der Waals surface area contributed by atoms with E-state index in [0.717, 1.165) is 12.8 Å². The molecule has 178 valence electrons. The van der Waals surface area contributed by atoms with E-state index in [-0.39, 0.29) is 10.6 Å². The number of sulfonamides is 2. The van der Waals surface area contributed by atoms with Crippen LogP contribution in [0.2, 0.25) is 0 Å². The first-order valence-electron chi connectivity index (χ1n) is 10.6. The molecule has 1 amide bonds. The molecule has 1 fully saturated rings. The Bertz CT molecular complexity index is 1350. The van der Waals surface area contributed by atoms with Crippen molar-refractivity contribution in [3.05, 3.63) is 84.2 Å². The van der Waals surface area contributed by atoms with Crippen LogP contribution in [0.4, 0.5) is 11.4 Å². The first-order chi connectivity index (χ1) is 16.2. The van der Waals surface area contributed by atoms with E-state index in [1.54, 1.807) is 42.6 Å². The smallest absolute Gasteiger partial charge is 0.261 e. The number of anilines is 2. The van der Waals surface area contributed by atoms with Crippen LogP contribution in [-0.4, -0.2) is 45.1 Å². The van der Waals surface area contributed by atoms with Gasteiger partial charge in [-0.05, 0) is 66.9 Å². The number of carbonyl (C=O) groups is 1. The number of nitrogens with zero attached hydrogens (tertiary/aromatic N) is 2. The summed E-state index contributed by atoms with van der Waals surface area (Å²) in [7, 11) is -7.15. The molecule has 1 aliphatic heterocycles. The highest BCUT2D eigenvalue weighted by molar-refractivity contribution is 7.92. The van der Waals surface area contributed by atoms with Gasteiger partial charge in [0, 0.05) is 30.5 Å². The van der Waals surface area contributed by atoms with Crippen molar-refractivity contribution >= 4 is 37.3 Å². The molecular weight excluding hydrogens is 476 g/mol. The van der Waals surface area contributed by atoms with Gasteiger partial charge in [0.1, 0.15) is 0 Å². The normalized spacial score (nSPS) is 14.6. The summed E-state index contributed by atoms with van der Waals surface area (Å²) in [4.78, 5) is 16.5. The van der Waals surface area contributed by atoms with Crippen LogP contribution in [-0.2, 0) is 25.8 Å². The number of carbonyl (C=O) groups excluding carboxylic acids is 1. The minimum Gasteiger partial charge on any atom is -0.322 e. The fraction of sp³-hybridized carbons (Fsp3) is 0.217. The van der Waals surface area contributed by atoms with Crippen molar-refractivity contribution in [3.63, 3.8) is 0 Å². The molecule has 9 nitrogen and oxygen atoms in total. The van der Waals surface area contributed by atoms with Gasteiger partial charge in [0.25, 0.3) is 15.9 Å². The summed E-state index contributed by atoms with van der Waals surface area (Å²) < 4.78 is 53.9. The third-order valence-electron chi connectivity index (χ3n) is 5.36. The molecule has 0 aliphatic carbocycles. The number of hydrogen-bond donors (Lipinski definition) is 2. The first-order valence-corrected chi connectivity index (χ1v) is 13.7. The maximum absolute atomic E-state index is 12.6. The zero-order valence-electron chi connectivity index (χ0n) is 18.2. The summed E-state index contributed by atoms with van der Waals surface area (Å²) >= 11 is 0. The van der Waals surface area contributed by atoms with Crippen molar-refractivity contribution in [1.29, 1.82) is 0 Å². The van der Waals surface area contributed by atoms with Gasteiger partial charge >= 0.3 is 0 Å². The van der Waals surface area contributed by atoms with Crippen LogP contribution in [0.1, 0.15) is 28.8 Å². The van der Waals surface area contributed by atoms with Gasteiger partial charge in [-0.1, -0.05) is 12.1 Å². The average molecular weight is 501 g/mol. The van der Waals surface area contributed by atoms with Crippen LogP contribution in [0.5, 0.6) is 0 Å². The largest absolute Gasteiger partial charge is 0.322 e. The van der Waals surface area contributed by atoms with Crippen LogP contribution in [0.15, 0.2) is 78.0 Å². The predicted octanol–water partition coefficient (Wildman–Crippen LogP) is 3.06. The Morgan fingerprint density at radius 3 is 2.18 bits per heavy atom. The summed E-state index contributed by atoms with van der Waals surface area (Å²) in [6.45, 7) is 1.12. The zero-order chi connectivity index (χ0) is 24.2. The molecule has 1 aliphatic rings. The number of pyridine rings is 1. The molecule has 2 N–H and O–H groups in total. The third kappa shape index (κ3) is 5.79. The number of hydrogen-bond acceptors (Lipinski definition) is 6. The summed E-state index contributed by atoms with van der Waals surface area (Å²) in [6, 6.07) is 15.4. The minimum atomic E-state index is -3.79. The van der Waals surface area contributed by atoms with Crippen LogP contribution >= 0.6 is 0 Å². The van der Waals surface area contributed by atoms with E-state index in [2.05, 4.69) is 15.0 Å². The van der Waals surface area contributed by atoms with Gasteiger partial charge in [0.2, 0.25) is 10.0 Å². The lowest BCUT2D eigenvalue weighted by atomic mass is 10.1. The molecular formula is C23H24N4O5S2. The number of amides is 1. The Hall–Kier alpha value is -3.28. The Morgan fingerprint density at radius 1 is 0.882 bits per heavy atom. The Morgan fingerprint density at radius 2 is 1.56 bits per heavy atom. The summed E-state index contributed by atoms with van der Waals surface area (Å²) in [5, 5.41) is 2.71. The molecule has 3 aromatic rings. The highest BCUT2D eigenvalue weighted by Gasteiger charge is 2.25. The topological polar surface area (TPSA) is 126 Å². The first kappa shape index (κ1) is 23.9. The van der Waals surface area contributed by atoms with Gasteiger partial charge in [0.15, 0.2) is 0 Å². The monoisotopic (exact) mass is 500 g/mol. The molecule has 0 bridgehead atoms. The van der Waals surface area contributed by atoms with Crippen molar-refractivity contribution in [1.82, 2.24) is 9.29 Å². The summed E-state index contributed by atoms with van der Waals surface area (Å²) in [5.41, 5.74) is 1.74. The lowest BCUT2D eigenvalue weighted by molar-refractivity contribution is 0.102. The molecule has 0 atom stereocenters. The Balaban J connectivity index is 1.38. The molecule has 11 heteroatoms. The highest BCUT2D eigenvalue weighted by Crippen LogP contribution is 2.20. The number of rotatable bonds is 8. The van der Waals surface area contributed by atoms with Gasteiger partial charge in [-0.2, -0.15) is 0 Å². The van der Waals surface area contributed by atoms with E-state index in [1.165, 1.54) is 34.8 Å². The molecule has 1 saturated heterocycles. The fourth-order valence-electron chi connectivity index (χ4n) is 3.58. The van der Waals surface area contributed by atoms with E-state index in [4.69, 9.17) is 0 Å². The SMILES string of the molecule is O=C(Nc1ccc(S(=O)(=O)Nc2cccnc2)cc1)c1ccc(CS(=O)(=O)N2CCCC2)cc1. The lowest BCUT2D eigenvalue weighted by Gasteiger charge is -2.15. The van der Waals surface area contributed by atoms with Gasteiger partial charge in [0.05, 0.1) is 22.5 Å². The molecule has 0 unspecified atom stereocenters. The molecule has 0 radical (unpaired) electrons. The zero-order valence-corrected chi connectivity index (χ0v) is 19.8. The van der Waals surface area contributed by atoms with Crippen LogP contribution < -0.4 is 10.0 Å². The molecule has 4 rings (SSSR count).